The molecule has 1 nitrogen and oxygen atoms in total. The summed E-state index contributed by atoms with van der Waals surface area (Å²) < 4.78 is 3.22. The average Bonchev–Trinajstić information content (AvgIpc) is 2.52. The molecule has 0 saturated carbocycles. The first-order chi connectivity index (χ1) is 6.29. The molecule has 0 aliphatic carbocycles. The number of hydrogen-bond donors (Lipinski definition) is 0. The van der Waals surface area contributed by atoms with Crippen molar-refractivity contribution >= 4 is 34.2 Å². The summed E-state index contributed by atoms with van der Waals surface area (Å²) in [5, 5.41) is 0.775. The number of hydrogen-bond acceptors (Lipinski definition) is 0. The van der Waals surface area contributed by atoms with Gasteiger partial charge < -0.3 is 4.57 Å². The minimum absolute atomic E-state index is 0.775. The molecule has 66 valence electrons. The van der Waals surface area contributed by atoms with Crippen molar-refractivity contribution in [2.75, 3.05) is 0 Å². The first-order valence-corrected chi connectivity index (χ1v) is 5.32. The highest BCUT2D eigenvalue weighted by Crippen LogP contribution is 2.22. The van der Waals surface area contributed by atoms with E-state index in [1.165, 1.54) is 0 Å². The van der Waals surface area contributed by atoms with E-state index < -0.39 is 0 Å². The van der Waals surface area contributed by atoms with Gasteiger partial charge in [-0.1, -0.05) is 23.7 Å². The Balaban J connectivity index is 2.59. The Bertz CT molecular complexity index is 422. The molecule has 13 heavy (non-hydrogen) atoms. The van der Waals surface area contributed by atoms with Crippen LogP contribution >= 0.6 is 34.2 Å². The fourth-order valence-electron chi connectivity index (χ4n) is 1.20. The van der Waals surface area contributed by atoms with Crippen LogP contribution in [0.5, 0.6) is 0 Å². The van der Waals surface area contributed by atoms with Crippen molar-refractivity contribution in [1.29, 1.82) is 0 Å². The van der Waals surface area contributed by atoms with Crippen molar-refractivity contribution in [2.24, 2.45) is 0 Å². The van der Waals surface area contributed by atoms with Gasteiger partial charge >= 0.3 is 0 Å². The standard InChI is InChI=1S/C10H7ClIN/c11-8-4-1-2-5-9(8)13-7-3-6-10(13)12/h1-7H. The SMILES string of the molecule is Clc1ccccc1-n1cccc1I. The highest BCUT2D eigenvalue weighted by molar-refractivity contribution is 14.1. The van der Waals surface area contributed by atoms with Crippen LogP contribution in [-0.4, -0.2) is 4.57 Å². The highest BCUT2D eigenvalue weighted by Gasteiger charge is 2.02. The van der Waals surface area contributed by atoms with Crippen molar-refractivity contribution in [3.63, 3.8) is 0 Å². The summed E-state index contributed by atoms with van der Waals surface area (Å²) in [5.74, 6) is 0. The maximum absolute atomic E-state index is 6.06. The van der Waals surface area contributed by atoms with E-state index in [4.69, 9.17) is 11.6 Å². The third kappa shape index (κ3) is 1.74. The summed E-state index contributed by atoms with van der Waals surface area (Å²) >= 11 is 8.34. The number of rotatable bonds is 1. The average molecular weight is 304 g/mol. The van der Waals surface area contributed by atoms with E-state index in [1.807, 2.05) is 42.6 Å². The van der Waals surface area contributed by atoms with Crippen LogP contribution in [0.2, 0.25) is 5.02 Å². The molecule has 1 heterocycles. The fourth-order valence-corrected chi connectivity index (χ4v) is 2.06. The highest BCUT2D eigenvalue weighted by atomic mass is 127. The topological polar surface area (TPSA) is 4.93 Å². The zero-order valence-corrected chi connectivity index (χ0v) is 9.66. The van der Waals surface area contributed by atoms with Crippen LogP contribution in [0.4, 0.5) is 0 Å². The summed E-state index contributed by atoms with van der Waals surface area (Å²) in [5.41, 5.74) is 1.03. The largest absolute Gasteiger partial charge is 0.310 e. The maximum atomic E-state index is 6.06. The predicted octanol–water partition coefficient (Wildman–Crippen LogP) is 3.74. The predicted molar refractivity (Wildman–Crippen MR) is 63.5 cm³/mol. The van der Waals surface area contributed by atoms with Crippen molar-refractivity contribution < 1.29 is 0 Å². The molecule has 2 aromatic rings. The van der Waals surface area contributed by atoms with Crippen LogP contribution in [0.25, 0.3) is 5.69 Å². The van der Waals surface area contributed by atoms with Crippen LogP contribution in [0.1, 0.15) is 0 Å². The second-order valence-electron chi connectivity index (χ2n) is 2.65. The number of halogens is 2. The van der Waals surface area contributed by atoms with Gasteiger partial charge in [0.15, 0.2) is 0 Å². The summed E-state index contributed by atoms with van der Waals surface area (Å²) in [6, 6.07) is 11.9. The van der Waals surface area contributed by atoms with Crippen LogP contribution < -0.4 is 0 Å². The van der Waals surface area contributed by atoms with Crippen molar-refractivity contribution in [3.8, 4) is 5.69 Å². The van der Waals surface area contributed by atoms with E-state index in [0.717, 1.165) is 14.4 Å². The Labute approximate surface area is 95.5 Å². The molecular weight excluding hydrogens is 296 g/mol. The summed E-state index contributed by atoms with van der Waals surface area (Å²) in [4.78, 5) is 0. The molecule has 0 fully saturated rings. The second-order valence-corrected chi connectivity index (χ2v) is 4.16. The number of aromatic nitrogens is 1. The van der Waals surface area contributed by atoms with E-state index >= 15 is 0 Å². The molecule has 0 aliphatic rings. The minimum Gasteiger partial charge on any atom is -0.310 e. The van der Waals surface area contributed by atoms with Gasteiger partial charge in [0.2, 0.25) is 0 Å². The van der Waals surface area contributed by atoms with Gasteiger partial charge in [-0.15, -0.1) is 0 Å². The van der Waals surface area contributed by atoms with Crippen LogP contribution in [0, 0.1) is 3.70 Å². The molecule has 2 rings (SSSR count). The zero-order chi connectivity index (χ0) is 9.26. The molecule has 0 atom stereocenters. The minimum atomic E-state index is 0.775. The monoisotopic (exact) mass is 303 g/mol. The molecule has 0 saturated heterocycles. The van der Waals surface area contributed by atoms with Gasteiger partial charge in [-0.2, -0.15) is 0 Å². The molecule has 0 N–H and O–H groups in total. The van der Waals surface area contributed by atoms with Gasteiger partial charge in [-0.3, -0.25) is 0 Å². The Morgan fingerprint density at radius 2 is 1.85 bits per heavy atom. The molecule has 0 bridgehead atoms. The van der Waals surface area contributed by atoms with Gasteiger partial charge in [0, 0.05) is 6.20 Å². The second kappa shape index (κ2) is 3.72. The molecule has 1 aromatic heterocycles. The van der Waals surface area contributed by atoms with E-state index in [0.29, 0.717) is 0 Å². The van der Waals surface area contributed by atoms with Crippen LogP contribution in [0.3, 0.4) is 0 Å². The third-order valence-corrected chi connectivity index (χ3v) is 3.01. The van der Waals surface area contributed by atoms with E-state index in [-0.39, 0.29) is 0 Å². The smallest absolute Gasteiger partial charge is 0.0844 e. The van der Waals surface area contributed by atoms with Gasteiger partial charge in [0.05, 0.1) is 14.4 Å². The molecule has 0 amide bonds. The molecule has 1 aromatic carbocycles. The lowest BCUT2D eigenvalue weighted by Gasteiger charge is -2.06. The van der Waals surface area contributed by atoms with Gasteiger partial charge in [-0.05, 0) is 46.9 Å². The fraction of sp³-hybridized carbons (Fsp3) is 0. The van der Waals surface area contributed by atoms with E-state index in [1.54, 1.807) is 0 Å². The molecule has 3 heteroatoms. The van der Waals surface area contributed by atoms with Crippen molar-refractivity contribution in [3.05, 3.63) is 51.3 Å². The van der Waals surface area contributed by atoms with Crippen LogP contribution in [-0.2, 0) is 0 Å². The summed E-state index contributed by atoms with van der Waals surface area (Å²) in [6.45, 7) is 0. The number of benzene rings is 1. The third-order valence-electron chi connectivity index (χ3n) is 1.81. The number of para-hydroxylation sites is 1. The molecule has 0 aliphatic heterocycles. The molecule has 0 radical (unpaired) electrons. The molecular formula is C10H7ClIN. The zero-order valence-electron chi connectivity index (χ0n) is 6.74. The van der Waals surface area contributed by atoms with Crippen LogP contribution in [0.15, 0.2) is 42.6 Å². The van der Waals surface area contributed by atoms with Crippen molar-refractivity contribution in [1.82, 2.24) is 4.57 Å². The van der Waals surface area contributed by atoms with Gasteiger partial charge in [0.1, 0.15) is 0 Å². The quantitative estimate of drug-likeness (QED) is 0.707. The Hall–Kier alpha value is -0.480. The lowest BCUT2D eigenvalue weighted by molar-refractivity contribution is 1.05. The summed E-state index contributed by atoms with van der Waals surface area (Å²) in [7, 11) is 0. The van der Waals surface area contributed by atoms with Gasteiger partial charge in [0.25, 0.3) is 0 Å². The molecule has 0 unspecified atom stereocenters. The van der Waals surface area contributed by atoms with Gasteiger partial charge in [-0.25, -0.2) is 0 Å². The number of nitrogens with zero attached hydrogens (tertiary/aromatic N) is 1. The first-order valence-electron chi connectivity index (χ1n) is 3.87. The Kier molecular flexibility index (Phi) is 2.60. The normalized spacial score (nSPS) is 10.3. The maximum Gasteiger partial charge on any atom is 0.0844 e. The molecule has 0 spiro atoms. The van der Waals surface area contributed by atoms with Crippen molar-refractivity contribution in [2.45, 2.75) is 0 Å². The Morgan fingerprint density at radius 3 is 2.46 bits per heavy atom. The Morgan fingerprint density at radius 1 is 1.08 bits per heavy atom. The lowest BCUT2D eigenvalue weighted by Crippen LogP contribution is -1.94. The lowest BCUT2D eigenvalue weighted by atomic mass is 10.3. The first kappa shape index (κ1) is 9.09. The summed E-state index contributed by atoms with van der Waals surface area (Å²) in [6.07, 6.45) is 2.00. The van der Waals surface area contributed by atoms with E-state index in [2.05, 4.69) is 27.2 Å². The van der Waals surface area contributed by atoms with E-state index in [9.17, 15) is 0 Å².